The lowest BCUT2D eigenvalue weighted by atomic mass is 10.0. The Bertz CT molecular complexity index is 3570. The van der Waals surface area contributed by atoms with Crippen molar-refractivity contribution < 1.29 is 42.8 Å². The number of hydrogen-bond donors (Lipinski definition) is 0. The van der Waals surface area contributed by atoms with E-state index in [9.17, 15) is 28.8 Å². The van der Waals surface area contributed by atoms with Gasteiger partial charge in [-0.2, -0.15) is 0 Å². The van der Waals surface area contributed by atoms with E-state index in [0.717, 1.165) is 90.5 Å². The Morgan fingerprint density at radius 3 is 1.73 bits per heavy atom. The normalized spacial score (nSPS) is 14.8. The second-order valence-electron chi connectivity index (χ2n) is 22.1. The van der Waals surface area contributed by atoms with Crippen LogP contribution in [-0.4, -0.2) is 139 Å². The zero-order valence-corrected chi connectivity index (χ0v) is 48.3. The van der Waals surface area contributed by atoms with Crippen molar-refractivity contribution in [3.8, 4) is 11.5 Å². The van der Waals surface area contributed by atoms with E-state index in [4.69, 9.17) is 28.4 Å². The van der Waals surface area contributed by atoms with Crippen molar-refractivity contribution in [1.29, 1.82) is 0 Å². The highest BCUT2D eigenvalue weighted by Gasteiger charge is 2.32. The molecule has 0 unspecified atom stereocenters. The highest BCUT2D eigenvalue weighted by atomic mass is 16.7. The number of piperidine rings is 1. The van der Waals surface area contributed by atoms with Crippen LogP contribution in [0.4, 0.5) is 15.3 Å². The first kappa shape index (κ1) is 60.0. The Balaban J connectivity index is 0.000000179. The molecule has 0 saturated carbocycles. The summed E-state index contributed by atoms with van der Waals surface area (Å²) in [5, 5.41) is 0. The molecule has 7 aromatic rings. The molecule has 2 fully saturated rings. The summed E-state index contributed by atoms with van der Waals surface area (Å²) >= 11 is 0. The summed E-state index contributed by atoms with van der Waals surface area (Å²) in [6, 6.07) is 17.2. The Labute approximate surface area is 475 Å². The summed E-state index contributed by atoms with van der Waals surface area (Å²) in [5.74, 6) is 1.28. The number of aryl methyl sites for hydroxylation is 2. The first-order valence-corrected chi connectivity index (χ1v) is 27.8. The number of ether oxygens (including phenoxy) is 6. The molecule has 22 nitrogen and oxygen atoms in total. The molecule has 22 heteroatoms. The van der Waals surface area contributed by atoms with Crippen LogP contribution in [0.15, 0.2) is 99.8 Å². The Kier molecular flexibility index (Phi) is 19.5. The topological polar surface area (TPSA) is 234 Å². The number of aromatic nitrogens is 7. The van der Waals surface area contributed by atoms with E-state index >= 15 is 0 Å². The number of anilines is 1. The van der Waals surface area contributed by atoms with Crippen LogP contribution in [0.2, 0.25) is 0 Å². The van der Waals surface area contributed by atoms with Gasteiger partial charge in [-0.05, 0) is 115 Å². The molecule has 0 atom stereocenters. The molecule has 3 aliphatic heterocycles. The fraction of sp³-hybridized carbons (Fsp3) is 0.467. The molecular weight excluding hydrogens is 1050 g/mol. The summed E-state index contributed by atoms with van der Waals surface area (Å²) in [7, 11) is 1.60. The number of hydrogen-bond acceptors (Lipinski definition) is 17. The van der Waals surface area contributed by atoms with E-state index in [1.54, 1.807) is 86.2 Å². The van der Waals surface area contributed by atoms with Crippen LogP contribution < -0.4 is 31.1 Å². The van der Waals surface area contributed by atoms with Gasteiger partial charge in [-0.25, -0.2) is 9.59 Å². The summed E-state index contributed by atoms with van der Waals surface area (Å²) in [4.78, 5) is 96.0. The lowest BCUT2D eigenvalue weighted by molar-refractivity contribution is -0.108. The fourth-order valence-electron chi connectivity index (χ4n) is 9.53. The van der Waals surface area contributed by atoms with Gasteiger partial charge >= 0.3 is 12.2 Å². The van der Waals surface area contributed by atoms with Crippen LogP contribution >= 0.6 is 0 Å². The molecule has 0 aromatic carbocycles. The maximum atomic E-state index is 13.3. The number of carbonyl (C=O) groups is 3. The first-order valence-electron chi connectivity index (χ1n) is 27.8. The van der Waals surface area contributed by atoms with Crippen molar-refractivity contribution in [1.82, 2.24) is 43.4 Å². The third-order valence-electron chi connectivity index (χ3n) is 13.8. The van der Waals surface area contributed by atoms with Gasteiger partial charge in [0.2, 0.25) is 0 Å². The van der Waals surface area contributed by atoms with Crippen molar-refractivity contribution in [3.05, 3.63) is 133 Å². The van der Waals surface area contributed by atoms with Crippen molar-refractivity contribution in [3.63, 3.8) is 0 Å². The fourth-order valence-corrected chi connectivity index (χ4v) is 9.53. The molecule has 82 heavy (non-hydrogen) atoms. The van der Waals surface area contributed by atoms with Crippen LogP contribution in [0.25, 0.3) is 33.1 Å². The van der Waals surface area contributed by atoms with E-state index in [0.29, 0.717) is 67.7 Å². The van der Waals surface area contributed by atoms with E-state index in [-0.39, 0.29) is 41.9 Å². The molecule has 436 valence electrons. The number of pyridine rings is 7. The minimum Gasteiger partial charge on any atom is -0.486 e. The third-order valence-corrected chi connectivity index (χ3v) is 13.8. The van der Waals surface area contributed by atoms with Crippen molar-refractivity contribution in [2.75, 3.05) is 58.0 Å². The second-order valence-corrected chi connectivity index (χ2v) is 22.1. The van der Waals surface area contributed by atoms with Gasteiger partial charge < -0.3 is 47.2 Å². The number of aldehydes is 1. The lowest BCUT2D eigenvalue weighted by Crippen LogP contribution is -2.49. The van der Waals surface area contributed by atoms with Gasteiger partial charge in [0.05, 0.1) is 89.7 Å². The zero-order valence-electron chi connectivity index (χ0n) is 48.3. The Hall–Kier alpha value is -8.08. The maximum absolute atomic E-state index is 13.3. The molecule has 0 spiro atoms. The summed E-state index contributed by atoms with van der Waals surface area (Å²) < 4.78 is 38.2. The predicted molar refractivity (Wildman–Crippen MR) is 310 cm³/mol. The molecule has 0 aliphatic carbocycles. The minimum atomic E-state index is -0.603. The van der Waals surface area contributed by atoms with Crippen LogP contribution in [0.1, 0.15) is 85.1 Å². The van der Waals surface area contributed by atoms with Crippen LogP contribution in [-0.2, 0) is 62.8 Å². The zero-order chi connectivity index (χ0) is 58.7. The summed E-state index contributed by atoms with van der Waals surface area (Å²) in [6.45, 7) is 20.8. The molecule has 10 heterocycles. The van der Waals surface area contributed by atoms with Gasteiger partial charge in [-0.1, -0.05) is 13.8 Å². The average molecular weight is 1130 g/mol. The quantitative estimate of drug-likeness (QED) is 0.103. The van der Waals surface area contributed by atoms with Gasteiger partial charge in [0.15, 0.2) is 17.8 Å². The SMILES string of the molecule is CCc1cnc2ccc(=O)n(CC=O)c2c1.CCc1cnc2ccc(=O)n(CCN3CCC(N(Cc4cc5c(cn4)OCCO5)C(=O)OC(C)(C)C)CC3)c2c1.CN(C(=O)OC(C)(C)C)c1cnc2ccc(=O)n(CC3OCCO3)c2c1. The van der Waals surface area contributed by atoms with E-state index < -0.39 is 23.6 Å². The molecule has 0 bridgehead atoms. The van der Waals surface area contributed by atoms with E-state index in [1.165, 1.54) is 21.6 Å². The highest BCUT2D eigenvalue weighted by Crippen LogP contribution is 2.31. The number of fused-ring (bicyclic) bond motifs is 4. The van der Waals surface area contributed by atoms with Crippen LogP contribution in [0.5, 0.6) is 11.5 Å². The van der Waals surface area contributed by atoms with E-state index in [2.05, 4.69) is 37.8 Å². The van der Waals surface area contributed by atoms with Gasteiger partial charge in [0.25, 0.3) is 16.7 Å². The molecule has 0 N–H and O–H groups in total. The first-order chi connectivity index (χ1) is 39.2. The number of rotatable bonds is 13. The minimum absolute atomic E-state index is 0.0118. The maximum Gasteiger partial charge on any atom is 0.414 e. The molecule has 2 saturated heterocycles. The number of likely N-dealkylation sites (tertiary alicyclic amines) is 1. The Morgan fingerprint density at radius 1 is 0.634 bits per heavy atom. The van der Waals surface area contributed by atoms with Gasteiger partial charge in [-0.3, -0.25) is 48.7 Å². The van der Waals surface area contributed by atoms with Crippen molar-refractivity contribution in [2.24, 2.45) is 0 Å². The highest BCUT2D eigenvalue weighted by molar-refractivity contribution is 5.90. The molecule has 3 aliphatic rings. The molecular formula is C60H74N10O12. The number of amides is 2. The van der Waals surface area contributed by atoms with Crippen LogP contribution in [0.3, 0.4) is 0 Å². The monoisotopic (exact) mass is 1130 g/mol. The molecule has 10 rings (SSSR count). The summed E-state index contributed by atoms with van der Waals surface area (Å²) in [5.41, 5.74) is 6.26. The third kappa shape index (κ3) is 15.5. The smallest absolute Gasteiger partial charge is 0.414 e. The van der Waals surface area contributed by atoms with Gasteiger partial charge in [0.1, 0.15) is 30.7 Å². The number of nitrogens with zero attached hydrogens (tertiary/aromatic N) is 10. The van der Waals surface area contributed by atoms with Crippen molar-refractivity contribution in [2.45, 2.75) is 131 Å². The van der Waals surface area contributed by atoms with Crippen LogP contribution in [0, 0.1) is 0 Å². The average Bonchev–Trinajstić information content (AvgIpc) is 3.99. The standard InChI is InChI=1S/C30H39N5O5.C18H23N3O5.C12H12N2O2/c1-5-21-16-25-24(32-18-21)6-7-28(36)34(25)13-12-33-10-8-23(9-11-33)35(29(37)40-30(2,3)4)20-22-17-26-27(19-31-22)39-15-14-38-26;1-18(2,3)26-17(23)20(4)12-9-14-13(19-10-12)5-6-15(22)21(14)11-16-24-7-8-25-16;1-2-9-7-11-10(13-8-9)3-4-12(16)14(11)5-6-15/h6-7,16-19,23H,5,8-15,20H2,1-4H3;5-6,9-10,16H,7-8,11H2,1-4H3;3-4,6-8H,2,5H2,1H3. The van der Waals surface area contributed by atoms with E-state index in [1.807, 2.05) is 50.6 Å². The number of carbonyl (C=O) groups excluding carboxylic acids is 3. The predicted octanol–water partition coefficient (Wildman–Crippen LogP) is 7.33. The Morgan fingerprint density at radius 2 is 1.16 bits per heavy atom. The largest absolute Gasteiger partial charge is 0.486 e. The lowest BCUT2D eigenvalue weighted by Gasteiger charge is -2.39. The molecule has 2 amide bonds. The molecule has 0 radical (unpaired) electrons. The van der Waals surface area contributed by atoms with Gasteiger partial charge in [0, 0.05) is 75.9 Å². The molecule has 7 aromatic heterocycles. The van der Waals surface area contributed by atoms with Crippen molar-refractivity contribution >= 4 is 57.3 Å². The summed E-state index contributed by atoms with van der Waals surface area (Å²) in [6.07, 6.45) is 9.64. The van der Waals surface area contributed by atoms with Gasteiger partial charge in [-0.15, -0.1) is 0 Å². The second kappa shape index (κ2) is 26.7.